The summed E-state index contributed by atoms with van der Waals surface area (Å²) in [6, 6.07) is 0. The van der Waals surface area contributed by atoms with E-state index in [1.165, 1.54) is 0 Å². The van der Waals surface area contributed by atoms with Gasteiger partial charge >= 0.3 is 11.9 Å². The molecule has 16 heavy (non-hydrogen) atoms. The predicted octanol–water partition coefficient (Wildman–Crippen LogP) is -0.164. The van der Waals surface area contributed by atoms with Crippen molar-refractivity contribution in [3.63, 3.8) is 0 Å². The van der Waals surface area contributed by atoms with Gasteiger partial charge in [-0.1, -0.05) is 0 Å². The maximum atomic E-state index is 11.2. The number of ether oxygens (including phenoxy) is 1. The number of hydrogen-bond donors (Lipinski definition) is 1. The summed E-state index contributed by atoms with van der Waals surface area (Å²) in [5.41, 5.74) is 0.898. The lowest BCUT2D eigenvalue weighted by Crippen LogP contribution is -2.27. The smallest absolute Gasteiger partial charge is 0.320 e. The molecule has 2 atom stereocenters. The number of carbonyl (C=O) groups excluding carboxylic acids is 1. The Hall–Kier alpha value is -1.85. The Labute approximate surface area is 91.8 Å². The Morgan fingerprint density at radius 3 is 3.06 bits per heavy atom. The first-order valence-corrected chi connectivity index (χ1v) is 4.94. The minimum Gasteiger partial charge on any atom is -0.481 e. The number of imidazole rings is 1. The van der Waals surface area contributed by atoms with Gasteiger partial charge in [-0.3, -0.25) is 9.59 Å². The summed E-state index contributed by atoms with van der Waals surface area (Å²) in [5, 5.41) is 8.93. The Morgan fingerprint density at radius 2 is 2.50 bits per heavy atom. The number of carbonyl (C=O) groups is 2. The van der Waals surface area contributed by atoms with Crippen molar-refractivity contribution in [2.75, 3.05) is 6.61 Å². The Kier molecular flexibility index (Phi) is 2.64. The highest BCUT2D eigenvalue weighted by molar-refractivity contribution is 5.95. The number of rotatable bonds is 3. The monoisotopic (exact) mass is 224 g/mol. The van der Waals surface area contributed by atoms with Gasteiger partial charge in [0.1, 0.15) is 0 Å². The number of carboxylic acid groups (broad SMARTS) is 1. The van der Waals surface area contributed by atoms with Crippen LogP contribution in [0, 0.1) is 11.8 Å². The summed E-state index contributed by atoms with van der Waals surface area (Å²) in [6.45, 7) is 0.168. The van der Waals surface area contributed by atoms with E-state index in [4.69, 9.17) is 9.84 Å². The number of aliphatic carboxylic acids is 1. The molecule has 0 amide bonds. The Morgan fingerprint density at radius 1 is 1.75 bits per heavy atom. The zero-order valence-corrected chi connectivity index (χ0v) is 8.79. The second kappa shape index (κ2) is 3.96. The van der Waals surface area contributed by atoms with Crippen molar-refractivity contribution in [3.05, 3.63) is 18.2 Å². The summed E-state index contributed by atoms with van der Waals surface area (Å²) >= 11 is 0. The predicted molar refractivity (Wildman–Crippen MR) is 52.5 cm³/mol. The number of aryl methyl sites for hydroxylation is 1. The van der Waals surface area contributed by atoms with Gasteiger partial charge < -0.3 is 14.4 Å². The van der Waals surface area contributed by atoms with Crippen LogP contribution in [0.2, 0.25) is 0 Å². The maximum Gasteiger partial charge on any atom is 0.320 e. The van der Waals surface area contributed by atoms with Gasteiger partial charge in [-0.25, -0.2) is 4.98 Å². The van der Waals surface area contributed by atoms with Crippen molar-refractivity contribution < 1.29 is 19.4 Å². The van der Waals surface area contributed by atoms with Crippen molar-refractivity contribution in [2.45, 2.75) is 6.42 Å². The number of carboxylic acids is 1. The second-order valence-corrected chi connectivity index (χ2v) is 3.91. The molecule has 0 radical (unpaired) electrons. The lowest BCUT2D eigenvalue weighted by atomic mass is 9.91. The second-order valence-electron chi connectivity index (χ2n) is 3.91. The van der Waals surface area contributed by atoms with E-state index < -0.39 is 17.9 Å². The Bertz CT molecular complexity index is 426. The molecule has 1 aromatic heterocycles. The number of nitrogens with zero attached hydrogens (tertiary/aromatic N) is 2. The standard InChI is InChI=1S/C10H12N2O4/c1-12-5-11-3-7(12)2-6-4-16-10(15)8(6)9(13)14/h3,5-6,8H,2,4H2,1H3,(H,13,14). The highest BCUT2D eigenvalue weighted by Crippen LogP contribution is 2.25. The van der Waals surface area contributed by atoms with Crippen LogP contribution >= 0.6 is 0 Å². The SMILES string of the molecule is Cn1cncc1CC1COC(=O)C1C(=O)O. The van der Waals surface area contributed by atoms with Crippen LogP contribution < -0.4 is 0 Å². The molecule has 0 bridgehead atoms. The van der Waals surface area contributed by atoms with E-state index in [-0.39, 0.29) is 12.5 Å². The van der Waals surface area contributed by atoms with E-state index in [2.05, 4.69) is 4.98 Å². The average molecular weight is 224 g/mol. The van der Waals surface area contributed by atoms with Crippen LogP contribution in [0.15, 0.2) is 12.5 Å². The topological polar surface area (TPSA) is 81.4 Å². The van der Waals surface area contributed by atoms with Crippen LogP contribution in [-0.4, -0.2) is 33.2 Å². The van der Waals surface area contributed by atoms with Gasteiger partial charge in [-0.15, -0.1) is 0 Å². The van der Waals surface area contributed by atoms with Crippen LogP contribution in [-0.2, 0) is 27.8 Å². The molecule has 2 rings (SSSR count). The molecule has 2 unspecified atom stereocenters. The maximum absolute atomic E-state index is 11.2. The highest BCUT2D eigenvalue weighted by Gasteiger charge is 2.42. The quantitative estimate of drug-likeness (QED) is 0.569. The minimum absolute atomic E-state index is 0.168. The van der Waals surface area contributed by atoms with Gasteiger partial charge in [0.05, 0.1) is 12.9 Å². The van der Waals surface area contributed by atoms with Gasteiger partial charge in [0.15, 0.2) is 5.92 Å². The third-order valence-corrected chi connectivity index (χ3v) is 2.82. The lowest BCUT2D eigenvalue weighted by molar-refractivity contribution is -0.152. The van der Waals surface area contributed by atoms with Crippen molar-refractivity contribution >= 4 is 11.9 Å². The summed E-state index contributed by atoms with van der Waals surface area (Å²) in [4.78, 5) is 26.1. The van der Waals surface area contributed by atoms with E-state index >= 15 is 0 Å². The molecule has 1 fully saturated rings. The summed E-state index contributed by atoms with van der Waals surface area (Å²) in [5.74, 6) is -3.11. The summed E-state index contributed by atoms with van der Waals surface area (Å²) in [7, 11) is 1.83. The van der Waals surface area contributed by atoms with Crippen LogP contribution in [0.4, 0.5) is 0 Å². The summed E-state index contributed by atoms with van der Waals surface area (Å²) in [6.07, 6.45) is 3.80. The molecule has 1 aromatic rings. The largest absolute Gasteiger partial charge is 0.481 e. The molecular formula is C10H12N2O4. The molecule has 6 heteroatoms. The molecule has 2 heterocycles. The first-order valence-electron chi connectivity index (χ1n) is 4.94. The zero-order chi connectivity index (χ0) is 11.7. The molecule has 6 nitrogen and oxygen atoms in total. The molecule has 1 aliphatic heterocycles. The third kappa shape index (κ3) is 1.78. The third-order valence-electron chi connectivity index (χ3n) is 2.82. The van der Waals surface area contributed by atoms with E-state index in [1.54, 1.807) is 12.5 Å². The van der Waals surface area contributed by atoms with Crippen LogP contribution in [0.3, 0.4) is 0 Å². The van der Waals surface area contributed by atoms with Crippen LogP contribution in [0.25, 0.3) is 0 Å². The first kappa shape index (κ1) is 10.7. The van der Waals surface area contributed by atoms with Crippen molar-refractivity contribution in [2.24, 2.45) is 18.9 Å². The average Bonchev–Trinajstić information content (AvgIpc) is 2.75. The number of aromatic nitrogens is 2. The Balaban J connectivity index is 2.13. The lowest BCUT2D eigenvalue weighted by Gasteiger charge is -2.11. The van der Waals surface area contributed by atoms with E-state index in [1.807, 2.05) is 11.6 Å². The highest BCUT2D eigenvalue weighted by atomic mass is 16.5. The normalized spacial score (nSPS) is 24.4. The van der Waals surface area contributed by atoms with Crippen molar-refractivity contribution in [1.82, 2.24) is 9.55 Å². The fourth-order valence-electron chi connectivity index (χ4n) is 1.90. The zero-order valence-electron chi connectivity index (χ0n) is 8.79. The molecule has 86 valence electrons. The number of esters is 1. The van der Waals surface area contributed by atoms with Gasteiger partial charge in [0.25, 0.3) is 0 Å². The van der Waals surface area contributed by atoms with E-state index in [0.717, 1.165) is 5.69 Å². The fourth-order valence-corrected chi connectivity index (χ4v) is 1.90. The molecule has 0 spiro atoms. The van der Waals surface area contributed by atoms with E-state index in [0.29, 0.717) is 6.42 Å². The molecule has 1 N–H and O–H groups in total. The fraction of sp³-hybridized carbons (Fsp3) is 0.500. The van der Waals surface area contributed by atoms with Crippen LogP contribution in [0.1, 0.15) is 5.69 Å². The number of cyclic esters (lactones) is 1. The summed E-state index contributed by atoms with van der Waals surface area (Å²) < 4.78 is 6.59. The van der Waals surface area contributed by atoms with Crippen LogP contribution in [0.5, 0.6) is 0 Å². The van der Waals surface area contributed by atoms with Gasteiger partial charge in [-0.05, 0) is 6.42 Å². The minimum atomic E-state index is -1.12. The first-order chi connectivity index (χ1) is 7.59. The molecule has 0 saturated carbocycles. The molecule has 0 aromatic carbocycles. The van der Waals surface area contributed by atoms with Gasteiger partial charge in [-0.2, -0.15) is 0 Å². The van der Waals surface area contributed by atoms with Gasteiger partial charge in [0.2, 0.25) is 0 Å². The molecule has 1 saturated heterocycles. The van der Waals surface area contributed by atoms with E-state index in [9.17, 15) is 9.59 Å². The molecule has 1 aliphatic rings. The molecular weight excluding hydrogens is 212 g/mol. The van der Waals surface area contributed by atoms with Crippen molar-refractivity contribution in [1.29, 1.82) is 0 Å². The van der Waals surface area contributed by atoms with Gasteiger partial charge in [0, 0.05) is 24.9 Å². The number of hydrogen-bond acceptors (Lipinski definition) is 4. The van der Waals surface area contributed by atoms with Crippen molar-refractivity contribution in [3.8, 4) is 0 Å². The molecule has 0 aliphatic carbocycles.